The lowest BCUT2D eigenvalue weighted by Crippen LogP contribution is -2.45. The summed E-state index contributed by atoms with van der Waals surface area (Å²) >= 11 is 0. The zero-order valence-electron chi connectivity index (χ0n) is 9.35. The first-order valence-electron chi connectivity index (χ1n) is 5.42. The predicted molar refractivity (Wildman–Crippen MR) is 59.1 cm³/mol. The molecule has 1 heterocycles. The number of hydrogen-bond acceptors (Lipinski definition) is 3. The number of carboxylic acid groups (broad SMARTS) is 1. The van der Waals surface area contributed by atoms with Gasteiger partial charge >= 0.3 is 5.97 Å². The fraction of sp³-hybridized carbons (Fsp3) is 0.889. The van der Waals surface area contributed by atoms with Crippen molar-refractivity contribution in [2.75, 3.05) is 19.6 Å². The number of hydrogen-bond donors (Lipinski definition) is 2. The highest BCUT2D eigenvalue weighted by Crippen LogP contribution is 2.21. The highest BCUT2D eigenvalue weighted by molar-refractivity contribution is 7.87. The van der Waals surface area contributed by atoms with Crippen LogP contribution in [0, 0.1) is 5.92 Å². The Morgan fingerprint density at radius 3 is 2.44 bits per heavy atom. The Balaban J connectivity index is 2.46. The molecule has 0 bridgehead atoms. The Bertz CT molecular complexity index is 333. The summed E-state index contributed by atoms with van der Waals surface area (Å²) in [5.41, 5.74) is 0. The second-order valence-electron chi connectivity index (χ2n) is 3.94. The molecule has 0 atom stereocenters. The minimum atomic E-state index is -3.35. The van der Waals surface area contributed by atoms with Gasteiger partial charge in [0.2, 0.25) is 0 Å². The van der Waals surface area contributed by atoms with Gasteiger partial charge in [-0.1, -0.05) is 6.92 Å². The van der Waals surface area contributed by atoms with Crippen LogP contribution in [0.1, 0.15) is 26.2 Å². The van der Waals surface area contributed by atoms with Crippen molar-refractivity contribution >= 4 is 16.2 Å². The maximum Gasteiger partial charge on any atom is 0.303 e. The third-order valence-electron chi connectivity index (χ3n) is 2.70. The number of rotatable bonds is 5. The molecule has 1 saturated heterocycles. The summed E-state index contributed by atoms with van der Waals surface area (Å²) in [5, 5.41) is 8.63. The highest BCUT2D eigenvalue weighted by Gasteiger charge is 2.28. The van der Waals surface area contributed by atoms with Crippen LogP contribution in [-0.4, -0.2) is 43.4 Å². The largest absolute Gasteiger partial charge is 0.481 e. The highest BCUT2D eigenvalue weighted by atomic mass is 32.2. The van der Waals surface area contributed by atoms with Crippen LogP contribution in [0.2, 0.25) is 0 Å². The Labute approximate surface area is 95.8 Å². The molecule has 1 fully saturated rings. The second-order valence-corrected chi connectivity index (χ2v) is 5.70. The zero-order valence-corrected chi connectivity index (χ0v) is 10.2. The first-order chi connectivity index (χ1) is 7.45. The van der Waals surface area contributed by atoms with Gasteiger partial charge < -0.3 is 5.11 Å². The minimum Gasteiger partial charge on any atom is -0.481 e. The molecule has 7 heteroatoms. The lowest BCUT2D eigenvalue weighted by atomic mass is 9.95. The van der Waals surface area contributed by atoms with Crippen molar-refractivity contribution in [3.63, 3.8) is 0 Å². The van der Waals surface area contributed by atoms with E-state index >= 15 is 0 Å². The Morgan fingerprint density at radius 1 is 1.44 bits per heavy atom. The molecule has 0 aliphatic carbocycles. The molecule has 1 aliphatic heterocycles. The summed E-state index contributed by atoms with van der Waals surface area (Å²) in [5.74, 6) is -0.710. The lowest BCUT2D eigenvalue weighted by Gasteiger charge is -2.30. The summed E-state index contributed by atoms with van der Waals surface area (Å²) in [6, 6.07) is 0. The van der Waals surface area contributed by atoms with E-state index in [-0.39, 0.29) is 12.3 Å². The van der Waals surface area contributed by atoms with Crippen LogP contribution in [-0.2, 0) is 15.0 Å². The molecule has 0 aromatic carbocycles. The standard InChI is InChI=1S/C9H18N2O4S/c1-2-10-16(14,15)11-5-3-8(4-6-11)7-9(12)13/h8,10H,2-7H2,1H3,(H,12,13). The van der Waals surface area contributed by atoms with Crippen LogP contribution in [0.15, 0.2) is 0 Å². The van der Waals surface area contributed by atoms with Gasteiger partial charge in [0.05, 0.1) is 0 Å². The average molecular weight is 250 g/mol. The molecule has 2 N–H and O–H groups in total. The first-order valence-corrected chi connectivity index (χ1v) is 6.86. The van der Waals surface area contributed by atoms with Gasteiger partial charge in [0.25, 0.3) is 10.2 Å². The topological polar surface area (TPSA) is 86.7 Å². The van der Waals surface area contributed by atoms with Crippen molar-refractivity contribution in [1.82, 2.24) is 9.03 Å². The third kappa shape index (κ3) is 3.73. The van der Waals surface area contributed by atoms with E-state index in [1.165, 1.54) is 4.31 Å². The van der Waals surface area contributed by atoms with Crippen LogP contribution < -0.4 is 4.72 Å². The molecular formula is C9H18N2O4S. The van der Waals surface area contributed by atoms with Crippen LogP contribution in [0.4, 0.5) is 0 Å². The fourth-order valence-electron chi connectivity index (χ4n) is 1.87. The van der Waals surface area contributed by atoms with Crippen molar-refractivity contribution < 1.29 is 18.3 Å². The van der Waals surface area contributed by atoms with Gasteiger partial charge in [-0.3, -0.25) is 4.79 Å². The molecule has 94 valence electrons. The number of carbonyl (C=O) groups is 1. The van der Waals surface area contributed by atoms with E-state index in [2.05, 4.69) is 4.72 Å². The van der Waals surface area contributed by atoms with E-state index in [9.17, 15) is 13.2 Å². The Morgan fingerprint density at radius 2 is 2.00 bits per heavy atom. The van der Waals surface area contributed by atoms with Gasteiger partial charge in [-0.25, -0.2) is 4.72 Å². The Kier molecular flexibility index (Phi) is 4.69. The summed E-state index contributed by atoms with van der Waals surface area (Å²) in [6.45, 7) is 2.92. The normalized spacial score (nSPS) is 19.8. The molecule has 0 amide bonds. The van der Waals surface area contributed by atoms with E-state index in [1.54, 1.807) is 6.92 Å². The van der Waals surface area contributed by atoms with Crippen molar-refractivity contribution in [2.24, 2.45) is 5.92 Å². The van der Waals surface area contributed by atoms with Gasteiger partial charge in [0.15, 0.2) is 0 Å². The number of nitrogens with one attached hydrogen (secondary N) is 1. The second kappa shape index (κ2) is 5.60. The molecule has 16 heavy (non-hydrogen) atoms. The molecule has 1 aliphatic rings. The summed E-state index contributed by atoms with van der Waals surface area (Å²) in [4.78, 5) is 10.5. The van der Waals surface area contributed by atoms with Crippen molar-refractivity contribution in [2.45, 2.75) is 26.2 Å². The predicted octanol–water partition coefficient (Wildman–Crippen LogP) is 0.0274. The molecule has 0 unspecified atom stereocenters. The van der Waals surface area contributed by atoms with E-state index < -0.39 is 16.2 Å². The average Bonchev–Trinajstić information content (AvgIpc) is 2.17. The number of nitrogens with zero attached hydrogens (tertiary/aromatic N) is 1. The minimum absolute atomic E-state index is 0.102. The molecule has 0 radical (unpaired) electrons. The quantitative estimate of drug-likeness (QED) is 0.720. The number of carboxylic acids is 1. The monoisotopic (exact) mass is 250 g/mol. The van der Waals surface area contributed by atoms with E-state index in [4.69, 9.17) is 5.11 Å². The maximum atomic E-state index is 11.6. The summed E-state index contributed by atoms with van der Waals surface area (Å²) < 4.78 is 27.0. The van der Waals surface area contributed by atoms with Crippen LogP contribution in [0.5, 0.6) is 0 Å². The van der Waals surface area contributed by atoms with E-state index in [1.807, 2.05) is 0 Å². The smallest absolute Gasteiger partial charge is 0.303 e. The summed E-state index contributed by atoms with van der Waals surface area (Å²) in [7, 11) is -3.35. The van der Waals surface area contributed by atoms with Crippen molar-refractivity contribution in [3.8, 4) is 0 Å². The molecule has 1 rings (SSSR count). The molecule has 0 aromatic rings. The zero-order chi connectivity index (χ0) is 12.2. The summed E-state index contributed by atoms with van der Waals surface area (Å²) in [6.07, 6.45) is 1.38. The molecule has 6 nitrogen and oxygen atoms in total. The van der Waals surface area contributed by atoms with Crippen molar-refractivity contribution in [1.29, 1.82) is 0 Å². The first kappa shape index (κ1) is 13.4. The lowest BCUT2D eigenvalue weighted by molar-refractivity contribution is -0.138. The van der Waals surface area contributed by atoms with E-state index in [0.29, 0.717) is 32.5 Å². The van der Waals surface area contributed by atoms with Gasteiger partial charge in [0.1, 0.15) is 0 Å². The van der Waals surface area contributed by atoms with Crippen molar-refractivity contribution in [3.05, 3.63) is 0 Å². The van der Waals surface area contributed by atoms with Crippen LogP contribution in [0.25, 0.3) is 0 Å². The molecule has 0 spiro atoms. The fourth-order valence-corrected chi connectivity index (χ4v) is 3.11. The van der Waals surface area contributed by atoms with Gasteiger partial charge in [-0.2, -0.15) is 12.7 Å². The van der Waals surface area contributed by atoms with Crippen LogP contribution in [0.3, 0.4) is 0 Å². The van der Waals surface area contributed by atoms with Crippen LogP contribution >= 0.6 is 0 Å². The number of piperidine rings is 1. The van der Waals surface area contributed by atoms with Gasteiger partial charge in [-0.15, -0.1) is 0 Å². The number of aliphatic carboxylic acids is 1. The SMILES string of the molecule is CCNS(=O)(=O)N1CCC(CC(=O)O)CC1. The Hall–Kier alpha value is -0.660. The maximum absolute atomic E-state index is 11.6. The molecular weight excluding hydrogens is 232 g/mol. The third-order valence-corrected chi connectivity index (χ3v) is 4.40. The van der Waals surface area contributed by atoms with Gasteiger partial charge in [-0.05, 0) is 18.8 Å². The van der Waals surface area contributed by atoms with Gasteiger partial charge in [0, 0.05) is 26.1 Å². The molecule has 0 saturated carbocycles. The molecule has 0 aromatic heterocycles. The van der Waals surface area contributed by atoms with E-state index in [0.717, 1.165) is 0 Å².